The minimum absolute atomic E-state index is 0.132. The van der Waals surface area contributed by atoms with Crippen LogP contribution >= 0.6 is 23.2 Å². The van der Waals surface area contributed by atoms with Crippen LogP contribution < -0.4 is 15.0 Å². The van der Waals surface area contributed by atoms with Gasteiger partial charge in [0.1, 0.15) is 17.1 Å². The molecule has 1 aliphatic rings. The van der Waals surface area contributed by atoms with Crippen LogP contribution in [0, 0.1) is 5.92 Å². The Balaban J connectivity index is 1.47. The molecule has 0 spiro atoms. The quantitative estimate of drug-likeness (QED) is 0.541. The maximum atomic E-state index is 12.3. The van der Waals surface area contributed by atoms with E-state index in [2.05, 4.69) is 29.3 Å². The summed E-state index contributed by atoms with van der Waals surface area (Å²) in [5.74, 6) is 2.01. The Bertz CT molecular complexity index is 1070. The van der Waals surface area contributed by atoms with E-state index in [9.17, 15) is 4.79 Å². The predicted molar refractivity (Wildman–Crippen MR) is 123 cm³/mol. The fourth-order valence-electron chi connectivity index (χ4n) is 3.55. The number of amides is 1. The lowest BCUT2D eigenvalue weighted by Gasteiger charge is -2.31. The van der Waals surface area contributed by atoms with Crippen LogP contribution in [0.1, 0.15) is 19.8 Å². The normalized spacial score (nSPS) is 14.7. The number of hydrogen-bond donors (Lipinski definition) is 1. The van der Waals surface area contributed by atoms with Crippen molar-refractivity contribution >= 4 is 51.5 Å². The molecule has 1 N–H and O–H groups in total. The van der Waals surface area contributed by atoms with Crippen molar-refractivity contribution in [2.24, 2.45) is 5.92 Å². The van der Waals surface area contributed by atoms with E-state index in [1.165, 1.54) is 12.8 Å². The maximum absolute atomic E-state index is 12.3. The molecule has 0 bridgehead atoms. The first-order chi connectivity index (χ1) is 14.5. The highest BCUT2D eigenvalue weighted by Gasteiger charge is 2.18. The summed E-state index contributed by atoms with van der Waals surface area (Å²) >= 11 is 11.9. The molecule has 1 saturated heterocycles. The number of pyridine rings is 1. The summed E-state index contributed by atoms with van der Waals surface area (Å²) in [6.45, 7) is 4.18. The molecule has 1 aliphatic heterocycles. The van der Waals surface area contributed by atoms with E-state index in [-0.39, 0.29) is 12.5 Å². The molecule has 4 rings (SSSR count). The maximum Gasteiger partial charge on any atom is 0.262 e. The van der Waals surface area contributed by atoms with Gasteiger partial charge in [0.25, 0.3) is 5.91 Å². The minimum Gasteiger partial charge on any atom is -0.481 e. The summed E-state index contributed by atoms with van der Waals surface area (Å²) in [5.41, 5.74) is 1.33. The first-order valence-corrected chi connectivity index (χ1v) is 10.8. The van der Waals surface area contributed by atoms with Gasteiger partial charge in [0.2, 0.25) is 0 Å². The summed E-state index contributed by atoms with van der Waals surface area (Å²) in [5, 5.41) is 4.56. The van der Waals surface area contributed by atoms with Gasteiger partial charge in [-0.1, -0.05) is 42.3 Å². The van der Waals surface area contributed by atoms with Gasteiger partial charge in [0.05, 0.1) is 10.0 Å². The lowest BCUT2D eigenvalue weighted by molar-refractivity contribution is -0.118. The average Bonchev–Trinajstić information content (AvgIpc) is 2.75. The first kappa shape index (κ1) is 20.8. The number of nitrogens with one attached hydrogen (secondary N) is 1. The third-order valence-corrected chi connectivity index (χ3v) is 6.08. The van der Waals surface area contributed by atoms with E-state index in [0.29, 0.717) is 21.5 Å². The van der Waals surface area contributed by atoms with Crippen LogP contribution in [-0.4, -0.2) is 30.6 Å². The Morgan fingerprint density at radius 2 is 1.93 bits per heavy atom. The van der Waals surface area contributed by atoms with Crippen LogP contribution in [-0.2, 0) is 4.79 Å². The molecule has 1 amide bonds. The molecule has 0 saturated carbocycles. The molecule has 0 radical (unpaired) electrons. The number of nitrogens with zero attached hydrogens (tertiary/aromatic N) is 2. The number of hydrogen-bond acceptors (Lipinski definition) is 4. The minimum atomic E-state index is -0.286. The topological polar surface area (TPSA) is 54.5 Å². The number of piperidine rings is 1. The molecular weight excluding hydrogens is 421 g/mol. The van der Waals surface area contributed by atoms with Gasteiger partial charge in [-0.3, -0.25) is 4.79 Å². The van der Waals surface area contributed by atoms with Gasteiger partial charge in [0.15, 0.2) is 6.61 Å². The molecule has 30 heavy (non-hydrogen) atoms. The first-order valence-electron chi connectivity index (χ1n) is 10.0. The van der Waals surface area contributed by atoms with Crippen molar-refractivity contribution in [2.45, 2.75) is 19.8 Å². The predicted octanol–water partition coefficient (Wildman–Crippen LogP) is 5.80. The number of rotatable bonds is 5. The summed E-state index contributed by atoms with van der Waals surface area (Å²) in [6, 6.07) is 14.8. The van der Waals surface area contributed by atoms with Gasteiger partial charge in [-0.25, -0.2) is 4.98 Å². The molecule has 3 aromatic rings. The highest BCUT2D eigenvalue weighted by atomic mass is 35.5. The highest BCUT2D eigenvalue weighted by molar-refractivity contribution is 6.42. The number of halogens is 2. The molecule has 5 nitrogen and oxygen atoms in total. The van der Waals surface area contributed by atoms with Crippen LogP contribution in [0.25, 0.3) is 10.9 Å². The zero-order valence-electron chi connectivity index (χ0n) is 16.7. The molecule has 2 heterocycles. The van der Waals surface area contributed by atoms with Gasteiger partial charge in [0, 0.05) is 24.2 Å². The molecule has 0 unspecified atom stereocenters. The van der Waals surface area contributed by atoms with Gasteiger partial charge in [-0.05, 0) is 55.2 Å². The van der Waals surface area contributed by atoms with Crippen LogP contribution in [0.4, 0.5) is 11.5 Å². The van der Waals surface area contributed by atoms with Crippen LogP contribution in [0.3, 0.4) is 0 Å². The van der Waals surface area contributed by atoms with Gasteiger partial charge >= 0.3 is 0 Å². The highest BCUT2D eigenvalue weighted by Crippen LogP contribution is 2.29. The van der Waals surface area contributed by atoms with Crippen molar-refractivity contribution in [3.63, 3.8) is 0 Å². The van der Waals surface area contributed by atoms with E-state index in [4.69, 9.17) is 32.9 Å². The SMILES string of the molecule is CC1CCN(c2ccc3cccc(OCC(=O)Nc4ccc(Cl)c(Cl)c4)c3n2)CC1. The summed E-state index contributed by atoms with van der Waals surface area (Å²) < 4.78 is 5.81. The number of anilines is 2. The largest absolute Gasteiger partial charge is 0.481 e. The van der Waals surface area contributed by atoms with Crippen molar-refractivity contribution in [3.05, 3.63) is 58.6 Å². The molecule has 0 aliphatic carbocycles. The second-order valence-corrected chi connectivity index (χ2v) is 8.45. The summed E-state index contributed by atoms with van der Waals surface area (Å²) in [4.78, 5) is 19.5. The molecule has 7 heteroatoms. The lowest BCUT2D eigenvalue weighted by atomic mass is 9.99. The number of benzene rings is 2. The standard InChI is InChI=1S/C23H23Cl2N3O2/c1-15-9-11-28(12-10-15)21-8-5-16-3-2-4-20(23(16)27-21)30-14-22(29)26-17-6-7-18(24)19(25)13-17/h2-8,13,15H,9-12,14H2,1H3,(H,26,29). The Morgan fingerprint density at radius 1 is 1.13 bits per heavy atom. The Kier molecular flexibility index (Phi) is 6.30. The van der Waals surface area contributed by atoms with E-state index in [0.717, 1.165) is 35.7 Å². The average molecular weight is 444 g/mol. The summed E-state index contributed by atoms with van der Waals surface area (Å²) in [6.07, 6.45) is 2.35. The van der Waals surface area contributed by atoms with E-state index >= 15 is 0 Å². The lowest BCUT2D eigenvalue weighted by Crippen LogP contribution is -2.33. The second kappa shape index (κ2) is 9.11. The van der Waals surface area contributed by atoms with Crippen molar-refractivity contribution in [1.29, 1.82) is 0 Å². The Morgan fingerprint density at radius 3 is 2.70 bits per heavy atom. The molecule has 1 aromatic heterocycles. The zero-order chi connectivity index (χ0) is 21.1. The number of aromatic nitrogens is 1. The Labute approximate surface area is 185 Å². The van der Waals surface area contributed by atoms with Crippen molar-refractivity contribution in [3.8, 4) is 5.75 Å². The number of ether oxygens (including phenoxy) is 1. The number of para-hydroxylation sites is 1. The Hall–Kier alpha value is -2.50. The third-order valence-electron chi connectivity index (χ3n) is 5.34. The van der Waals surface area contributed by atoms with E-state index in [1.54, 1.807) is 18.2 Å². The number of fused-ring (bicyclic) bond motifs is 1. The third kappa shape index (κ3) is 4.79. The fraction of sp³-hybridized carbons (Fsp3) is 0.304. The van der Waals surface area contributed by atoms with Crippen molar-refractivity contribution < 1.29 is 9.53 Å². The van der Waals surface area contributed by atoms with Crippen molar-refractivity contribution in [2.75, 3.05) is 29.9 Å². The van der Waals surface area contributed by atoms with Crippen LogP contribution in [0.5, 0.6) is 5.75 Å². The van der Waals surface area contributed by atoms with Crippen LogP contribution in [0.2, 0.25) is 10.0 Å². The van der Waals surface area contributed by atoms with E-state index in [1.807, 2.05) is 18.2 Å². The molecular formula is C23H23Cl2N3O2. The number of carbonyl (C=O) groups excluding carboxylic acids is 1. The zero-order valence-corrected chi connectivity index (χ0v) is 18.2. The molecule has 1 fully saturated rings. The number of carbonyl (C=O) groups is 1. The molecule has 2 aromatic carbocycles. The second-order valence-electron chi connectivity index (χ2n) is 7.63. The van der Waals surface area contributed by atoms with Gasteiger partial charge in [-0.2, -0.15) is 0 Å². The van der Waals surface area contributed by atoms with Crippen LogP contribution in [0.15, 0.2) is 48.5 Å². The van der Waals surface area contributed by atoms with Gasteiger partial charge < -0.3 is 15.0 Å². The van der Waals surface area contributed by atoms with E-state index < -0.39 is 0 Å². The fourth-order valence-corrected chi connectivity index (χ4v) is 3.85. The molecule has 156 valence electrons. The van der Waals surface area contributed by atoms with Gasteiger partial charge in [-0.15, -0.1) is 0 Å². The monoisotopic (exact) mass is 443 g/mol. The van der Waals surface area contributed by atoms with Crippen molar-refractivity contribution in [1.82, 2.24) is 4.98 Å². The smallest absolute Gasteiger partial charge is 0.262 e. The molecule has 0 atom stereocenters. The summed E-state index contributed by atoms with van der Waals surface area (Å²) in [7, 11) is 0.